The molecule has 3 aromatic carbocycles. The Labute approximate surface area is 180 Å². The summed E-state index contributed by atoms with van der Waals surface area (Å²) in [5.41, 5.74) is 2.89. The average Bonchev–Trinajstić information content (AvgIpc) is 2.71. The monoisotopic (exact) mass is 429 g/mol. The molecule has 1 amide bonds. The van der Waals surface area contributed by atoms with E-state index in [2.05, 4.69) is 5.32 Å². The number of aryl methyl sites for hydroxylation is 1. The van der Waals surface area contributed by atoms with Crippen molar-refractivity contribution in [3.63, 3.8) is 0 Å². The van der Waals surface area contributed by atoms with Crippen molar-refractivity contribution in [2.75, 3.05) is 11.9 Å². The van der Waals surface area contributed by atoms with Crippen LogP contribution in [0.2, 0.25) is 10.0 Å². The molecule has 0 heterocycles. The Morgan fingerprint density at radius 2 is 1.72 bits per heavy atom. The molecule has 6 heteroatoms. The van der Waals surface area contributed by atoms with Crippen LogP contribution in [-0.4, -0.2) is 12.5 Å². The van der Waals surface area contributed by atoms with Gasteiger partial charge in [0, 0.05) is 26.9 Å². The van der Waals surface area contributed by atoms with Crippen LogP contribution >= 0.6 is 23.2 Å². The van der Waals surface area contributed by atoms with Crippen LogP contribution < -0.4 is 14.8 Å². The van der Waals surface area contributed by atoms with Gasteiger partial charge in [0.1, 0.15) is 18.1 Å². The molecule has 0 aliphatic carbocycles. The molecule has 0 saturated heterocycles. The van der Waals surface area contributed by atoms with Crippen LogP contribution in [0.4, 0.5) is 5.69 Å². The summed E-state index contributed by atoms with van der Waals surface area (Å²) >= 11 is 12.0. The maximum Gasteiger partial charge on any atom is 0.255 e. The van der Waals surface area contributed by atoms with E-state index in [1.54, 1.807) is 48.5 Å². The first-order valence-electron chi connectivity index (χ1n) is 9.18. The minimum atomic E-state index is -0.223. The summed E-state index contributed by atoms with van der Waals surface area (Å²) in [4.78, 5) is 12.6. The fourth-order valence-corrected chi connectivity index (χ4v) is 2.98. The van der Waals surface area contributed by atoms with E-state index in [0.29, 0.717) is 39.4 Å². The third kappa shape index (κ3) is 5.66. The van der Waals surface area contributed by atoms with Crippen LogP contribution in [0.15, 0.2) is 60.7 Å². The predicted octanol–water partition coefficient (Wildman–Crippen LogP) is 6.53. The predicted molar refractivity (Wildman–Crippen MR) is 118 cm³/mol. The van der Waals surface area contributed by atoms with Gasteiger partial charge in [0.15, 0.2) is 0 Å². The van der Waals surface area contributed by atoms with E-state index in [1.807, 2.05) is 26.0 Å². The fraction of sp³-hybridized carbons (Fsp3) is 0.174. The fourth-order valence-electron chi connectivity index (χ4n) is 2.73. The maximum absolute atomic E-state index is 12.6. The number of carbonyl (C=O) groups is 1. The average molecular weight is 430 g/mol. The summed E-state index contributed by atoms with van der Waals surface area (Å²) in [6.45, 7) is 4.61. The highest BCUT2D eigenvalue weighted by Gasteiger charge is 2.12. The van der Waals surface area contributed by atoms with Gasteiger partial charge in [-0.15, -0.1) is 0 Å². The van der Waals surface area contributed by atoms with Gasteiger partial charge < -0.3 is 14.8 Å². The van der Waals surface area contributed by atoms with E-state index in [9.17, 15) is 4.79 Å². The topological polar surface area (TPSA) is 47.6 Å². The Morgan fingerprint density at radius 3 is 2.41 bits per heavy atom. The minimum Gasteiger partial charge on any atom is -0.493 e. The van der Waals surface area contributed by atoms with Crippen LogP contribution in [0.3, 0.4) is 0 Å². The molecular weight excluding hydrogens is 409 g/mol. The van der Waals surface area contributed by atoms with Crippen molar-refractivity contribution in [1.29, 1.82) is 0 Å². The third-order valence-electron chi connectivity index (χ3n) is 4.25. The van der Waals surface area contributed by atoms with Crippen LogP contribution in [0.1, 0.15) is 28.4 Å². The van der Waals surface area contributed by atoms with Gasteiger partial charge >= 0.3 is 0 Å². The second kappa shape index (κ2) is 9.68. The lowest BCUT2D eigenvalue weighted by Crippen LogP contribution is -2.13. The zero-order valence-electron chi connectivity index (χ0n) is 16.2. The van der Waals surface area contributed by atoms with Crippen LogP contribution in [0.25, 0.3) is 0 Å². The first-order valence-corrected chi connectivity index (χ1v) is 9.93. The Kier molecular flexibility index (Phi) is 7.02. The number of benzene rings is 3. The van der Waals surface area contributed by atoms with E-state index < -0.39 is 0 Å². The molecule has 0 atom stereocenters. The Hall–Kier alpha value is -2.69. The van der Waals surface area contributed by atoms with Crippen LogP contribution in [0.5, 0.6) is 11.5 Å². The highest BCUT2D eigenvalue weighted by molar-refractivity contribution is 6.31. The molecule has 29 heavy (non-hydrogen) atoms. The number of ether oxygens (including phenoxy) is 2. The van der Waals surface area contributed by atoms with Crippen molar-refractivity contribution in [2.45, 2.75) is 20.5 Å². The molecule has 0 fully saturated rings. The molecule has 150 valence electrons. The van der Waals surface area contributed by atoms with Crippen LogP contribution in [0, 0.1) is 6.92 Å². The van der Waals surface area contributed by atoms with E-state index in [4.69, 9.17) is 32.7 Å². The SMILES string of the molecule is CCOc1ccc(C(=O)Nc2ccc(Cl)cc2)cc1COc1ccc(Cl)c(C)c1. The van der Waals surface area contributed by atoms with Gasteiger partial charge in [-0.05, 0) is 80.1 Å². The molecule has 3 aromatic rings. The van der Waals surface area contributed by atoms with Gasteiger partial charge in [0.25, 0.3) is 5.91 Å². The molecular formula is C23H21Cl2NO3. The minimum absolute atomic E-state index is 0.223. The summed E-state index contributed by atoms with van der Waals surface area (Å²) in [7, 11) is 0. The summed E-state index contributed by atoms with van der Waals surface area (Å²) in [6, 6.07) is 17.7. The van der Waals surface area contributed by atoms with E-state index >= 15 is 0 Å². The molecule has 3 rings (SSSR count). The third-order valence-corrected chi connectivity index (χ3v) is 4.92. The second-order valence-electron chi connectivity index (χ2n) is 6.42. The quantitative estimate of drug-likeness (QED) is 0.464. The van der Waals surface area contributed by atoms with Crippen molar-refractivity contribution in [3.8, 4) is 11.5 Å². The Bertz CT molecular complexity index is 1000. The summed E-state index contributed by atoms with van der Waals surface area (Å²) < 4.78 is 11.6. The first kappa shape index (κ1) is 21.0. The van der Waals surface area contributed by atoms with Gasteiger partial charge in [0.05, 0.1) is 6.61 Å². The number of hydrogen-bond acceptors (Lipinski definition) is 3. The molecule has 0 aliphatic heterocycles. The molecule has 0 spiro atoms. The summed E-state index contributed by atoms with van der Waals surface area (Å²) in [5.74, 6) is 1.16. The van der Waals surface area contributed by atoms with Crippen molar-refractivity contribution in [2.24, 2.45) is 0 Å². The molecule has 0 bridgehead atoms. The lowest BCUT2D eigenvalue weighted by molar-refractivity contribution is 0.102. The van der Waals surface area contributed by atoms with Gasteiger partial charge in [-0.25, -0.2) is 0 Å². The number of halogens is 2. The Balaban J connectivity index is 1.78. The van der Waals surface area contributed by atoms with E-state index in [-0.39, 0.29) is 12.5 Å². The molecule has 0 radical (unpaired) electrons. The van der Waals surface area contributed by atoms with Gasteiger partial charge in [-0.3, -0.25) is 4.79 Å². The van der Waals surface area contributed by atoms with Crippen molar-refractivity contribution in [3.05, 3.63) is 87.4 Å². The number of rotatable bonds is 7. The first-order chi connectivity index (χ1) is 14.0. The largest absolute Gasteiger partial charge is 0.493 e. The van der Waals surface area contributed by atoms with Gasteiger partial charge in [-0.1, -0.05) is 23.2 Å². The Morgan fingerprint density at radius 1 is 0.966 bits per heavy atom. The van der Waals surface area contributed by atoms with Gasteiger partial charge in [0.2, 0.25) is 0 Å². The van der Waals surface area contributed by atoms with Crippen LogP contribution in [-0.2, 0) is 6.61 Å². The van der Waals surface area contributed by atoms with Crippen molar-refractivity contribution in [1.82, 2.24) is 0 Å². The summed E-state index contributed by atoms with van der Waals surface area (Å²) in [6.07, 6.45) is 0. The molecule has 0 aromatic heterocycles. The summed E-state index contributed by atoms with van der Waals surface area (Å²) in [5, 5.41) is 4.16. The zero-order valence-corrected chi connectivity index (χ0v) is 17.7. The number of hydrogen-bond donors (Lipinski definition) is 1. The molecule has 4 nitrogen and oxygen atoms in total. The smallest absolute Gasteiger partial charge is 0.255 e. The highest BCUT2D eigenvalue weighted by atomic mass is 35.5. The molecule has 0 aliphatic rings. The highest BCUT2D eigenvalue weighted by Crippen LogP contribution is 2.26. The number of nitrogens with one attached hydrogen (secondary N) is 1. The lowest BCUT2D eigenvalue weighted by Gasteiger charge is -2.14. The standard InChI is InChI=1S/C23H21Cl2NO3/c1-3-28-22-11-4-16(23(27)26-19-7-5-18(24)6-8-19)13-17(22)14-29-20-9-10-21(25)15(2)12-20/h4-13H,3,14H2,1-2H3,(H,26,27). The normalized spacial score (nSPS) is 10.5. The van der Waals surface area contributed by atoms with E-state index in [0.717, 1.165) is 11.1 Å². The zero-order chi connectivity index (χ0) is 20.8. The number of anilines is 1. The maximum atomic E-state index is 12.6. The second-order valence-corrected chi connectivity index (χ2v) is 7.26. The van der Waals surface area contributed by atoms with Gasteiger partial charge in [-0.2, -0.15) is 0 Å². The molecule has 0 unspecified atom stereocenters. The number of amides is 1. The molecule has 0 saturated carbocycles. The number of carbonyl (C=O) groups excluding carboxylic acids is 1. The van der Waals surface area contributed by atoms with Crippen molar-refractivity contribution >= 4 is 34.8 Å². The molecule has 1 N–H and O–H groups in total. The van der Waals surface area contributed by atoms with E-state index in [1.165, 1.54) is 0 Å². The lowest BCUT2D eigenvalue weighted by atomic mass is 10.1. The van der Waals surface area contributed by atoms with Crippen molar-refractivity contribution < 1.29 is 14.3 Å².